The summed E-state index contributed by atoms with van der Waals surface area (Å²) in [5.41, 5.74) is 0.588. The standard InChI is InChI=1S/C8H8O2.CH3.Hg.HI/c1-10-8(9)7-5-3-2-4-6-7;;;/h2-6H,1H3;1H3;;1H/q;;+1;/p-1. The van der Waals surface area contributed by atoms with E-state index < -0.39 is 0 Å². The molecule has 0 fully saturated rings. The van der Waals surface area contributed by atoms with Crippen LogP contribution in [0.4, 0.5) is 0 Å². The Bertz CT molecular complexity index is 239. The molecule has 0 amide bonds. The molecule has 0 aliphatic rings. The van der Waals surface area contributed by atoms with E-state index in [9.17, 15) is 4.79 Å². The van der Waals surface area contributed by atoms with Crippen LogP contribution >= 0.6 is 17.7 Å². The molecule has 0 radical (unpaired) electrons. The van der Waals surface area contributed by atoms with Gasteiger partial charge in [-0.3, -0.25) is 0 Å². The second kappa shape index (κ2) is 8.93. The third-order valence-corrected chi connectivity index (χ3v) is 1.19. The maximum atomic E-state index is 10.8. The Kier molecular flexibility index (Phi) is 9.18. The van der Waals surface area contributed by atoms with Gasteiger partial charge < -0.3 is 4.74 Å². The van der Waals surface area contributed by atoms with E-state index in [-0.39, 0.29) is 26.2 Å². The molecule has 0 heterocycles. The van der Waals surface area contributed by atoms with Crippen molar-refractivity contribution >= 4 is 23.6 Å². The summed E-state index contributed by atoms with van der Waals surface area (Å²) >= 11 is 2.40. The minimum absolute atomic E-state index is 0.113. The van der Waals surface area contributed by atoms with Crippen molar-refractivity contribution in [2.45, 2.75) is 4.43 Å². The van der Waals surface area contributed by atoms with Crippen molar-refractivity contribution in [2.75, 3.05) is 7.11 Å². The van der Waals surface area contributed by atoms with Crippen molar-refractivity contribution in [3.05, 3.63) is 35.9 Å². The molecular formula is C9H11HgIO2. The average Bonchev–Trinajstić information content (AvgIpc) is 2.19. The number of benzene rings is 1. The summed E-state index contributed by atoms with van der Waals surface area (Å²) in [6.07, 6.45) is 0. The number of esters is 1. The summed E-state index contributed by atoms with van der Waals surface area (Å²) in [6, 6.07) is 8.88. The Balaban J connectivity index is 0.000000424. The zero-order valence-electron chi connectivity index (χ0n) is 7.79. The van der Waals surface area contributed by atoms with Crippen molar-refractivity contribution in [1.82, 2.24) is 0 Å². The Labute approximate surface area is 99.9 Å². The SMILES string of the molecule is COC(=O)c1ccccc1.[CH3][Hg][I]. The third-order valence-electron chi connectivity index (χ3n) is 1.19. The predicted molar refractivity (Wildman–Crippen MR) is 57.7 cm³/mol. The molecule has 2 nitrogen and oxygen atoms in total. The zero-order valence-corrected chi connectivity index (χ0v) is 15.4. The molecule has 0 spiro atoms. The number of ether oxygens (including phenoxy) is 1. The second-order valence-corrected chi connectivity index (χ2v) is 17.6. The molecule has 0 aliphatic carbocycles. The topological polar surface area (TPSA) is 26.3 Å². The van der Waals surface area contributed by atoms with Crippen molar-refractivity contribution < 1.29 is 29.8 Å². The van der Waals surface area contributed by atoms with E-state index in [0.29, 0.717) is 5.56 Å². The van der Waals surface area contributed by atoms with Gasteiger partial charge in [-0.1, -0.05) is 18.2 Å². The zero-order chi connectivity index (χ0) is 10.1. The minimum atomic E-state index is -0.291. The van der Waals surface area contributed by atoms with Gasteiger partial charge in [0.05, 0.1) is 12.7 Å². The van der Waals surface area contributed by atoms with Crippen LogP contribution in [-0.4, -0.2) is 13.1 Å². The van der Waals surface area contributed by atoms with Gasteiger partial charge >= 0.3 is 48.3 Å². The van der Waals surface area contributed by atoms with E-state index in [2.05, 4.69) is 26.8 Å². The fourth-order valence-corrected chi connectivity index (χ4v) is 0.692. The Morgan fingerprint density at radius 2 is 1.85 bits per heavy atom. The van der Waals surface area contributed by atoms with Crippen LogP contribution in [-0.2, 0) is 25.0 Å². The van der Waals surface area contributed by atoms with Crippen LogP contribution in [0.5, 0.6) is 0 Å². The number of carbonyl (C=O) groups excluding carboxylic acids is 1. The number of carbonyl (C=O) groups is 1. The molecule has 68 valence electrons. The molecule has 1 aromatic carbocycles. The monoisotopic (exact) mass is 480 g/mol. The van der Waals surface area contributed by atoms with Gasteiger partial charge in [0.2, 0.25) is 0 Å². The maximum absolute atomic E-state index is 10.8. The molecule has 1 rings (SSSR count). The first-order chi connectivity index (χ1) is 6.26. The van der Waals surface area contributed by atoms with E-state index in [1.807, 2.05) is 6.07 Å². The fraction of sp³-hybridized carbons (Fsp3) is 0.222. The fourth-order valence-electron chi connectivity index (χ4n) is 0.692. The molecule has 0 atom stereocenters. The van der Waals surface area contributed by atoms with Crippen LogP contribution in [0.3, 0.4) is 0 Å². The number of hydrogen-bond donors (Lipinski definition) is 0. The molecular weight excluding hydrogens is 468 g/mol. The van der Waals surface area contributed by atoms with Crippen LogP contribution in [0.2, 0.25) is 4.43 Å². The molecule has 0 aliphatic heterocycles. The van der Waals surface area contributed by atoms with E-state index >= 15 is 0 Å². The summed E-state index contributed by atoms with van der Waals surface area (Å²) in [5.74, 6) is -0.291. The average molecular weight is 479 g/mol. The summed E-state index contributed by atoms with van der Waals surface area (Å²) in [6.45, 7) is 0. The summed E-state index contributed by atoms with van der Waals surface area (Å²) in [4.78, 5) is 10.8. The van der Waals surface area contributed by atoms with Gasteiger partial charge in [0.15, 0.2) is 0 Å². The van der Waals surface area contributed by atoms with Gasteiger partial charge in [-0.15, -0.1) is 0 Å². The van der Waals surface area contributed by atoms with Gasteiger partial charge in [0.25, 0.3) is 0 Å². The van der Waals surface area contributed by atoms with Gasteiger partial charge in [-0.2, -0.15) is 0 Å². The van der Waals surface area contributed by atoms with Gasteiger partial charge in [-0.05, 0) is 12.1 Å². The number of methoxy groups -OCH3 is 1. The van der Waals surface area contributed by atoms with E-state index in [1.54, 1.807) is 24.3 Å². The van der Waals surface area contributed by atoms with E-state index in [0.717, 1.165) is 0 Å². The molecule has 13 heavy (non-hydrogen) atoms. The third kappa shape index (κ3) is 6.43. The van der Waals surface area contributed by atoms with Crippen LogP contribution < -0.4 is 0 Å². The number of rotatable bonds is 1. The quantitative estimate of drug-likeness (QED) is 0.353. The normalized spacial score (nSPS) is 7.62. The Hall–Kier alpha value is 0.355. The first-order valence-corrected chi connectivity index (χ1v) is 24.9. The first-order valence-electron chi connectivity index (χ1n) is 3.95. The van der Waals surface area contributed by atoms with Crippen molar-refractivity contribution in [1.29, 1.82) is 0 Å². The molecule has 0 unspecified atom stereocenters. The Morgan fingerprint density at radius 1 is 1.38 bits per heavy atom. The van der Waals surface area contributed by atoms with Crippen LogP contribution in [0.15, 0.2) is 30.3 Å². The second-order valence-electron chi connectivity index (χ2n) is 2.12. The Morgan fingerprint density at radius 3 is 2.23 bits per heavy atom. The summed E-state index contributed by atoms with van der Waals surface area (Å²) in [5, 5.41) is 0. The van der Waals surface area contributed by atoms with Crippen molar-refractivity contribution in [2.24, 2.45) is 0 Å². The molecule has 4 heteroatoms. The van der Waals surface area contributed by atoms with E-state index in [4.69, 9.17) is 0 Å². The molecule has 0 saturated carbocycles. The van der Waals surface area contributed by atoms with Crippen molar-refractivity contribution in [3.63, 3.8) is 0 Å². The summed E-state index contributed by atoms with van der Waals surface area (Å²) < 4.78 is 6.83. The predicted octanol–water partition coefficient (Wildman–Crippen LogP) is 2.94. The van der Waals surface area contributed by atoms with Gasteiger partial charge in [-0.25, -0.2) is 4.79 Å². The van der Waals surface area contributed by atoms with Gasteiger partial charge in [0, 0.05) is 0 Å². The van der Waals surface area contributed by atoms with Crippen molar-refractivity contribution in [3.8, 4) is 0 Å². The molecule has 0 saturated heterocycles. The molecule has 1 aromatic rings. The molecule has 0 aromatic heterocycles. The van der Waals surface area contributed by atoms with Crippen LogP contribution in [0.1, 0.15) is 10.4 Å². The van der Waals surface area contributed by atoms with Crippen LogP contribution in [0.25, 0.3) is 0 Å². The number of hydrogen-bond acceptors (Lipinski definition) is 2. The first kappa shape index (κ1) is 13.4. The molecule has 0 bridgehead atoms. The van der Waals surface area contributed by atoms with E-state index in [1.165, 1.54) is 7.11 Å². The van der Waals surface area contributed by atoms with Crippen LogP contribution in [0, 0.1) is 0 Å². The van der Waals surface area contributed by atoms with Gasteiger partial charge in [0.1, 0.15) is 0 Å². The molecule has 0 N–H and O–H groups in total. The number of halogens is 1. The summed E-state index contributed by atoms with van der Waals surface area (Å²) in [7, 11) is 1.37.